The Balaban J connectivity index is 1.69. The van der Waals surface area contributed by atoms with Crippen LogP contribution in [-0.4, -0.2) is 31.0 Å². The van der Waals surface area contributed by atoms with Crippen molar-refractivity contribution in [2.24, 2.45) is 0 Å². The Morgan fingerprint density at radius 1 is 1.09 bits per heavy atom. The van der Waals surface area contributed by atoms with Gasteiger partial charge in [-0.15, -0.1) is 0 Å². The number of hydrogen-bond acceptors (Lipinski definition) is 2. The second-order valence-corrected chi connectivity index (χ2v) is 5.47. The molecule has 0 saturated carbocycles. The summed E-state index contributed by atoms with van der Waals surface area (Å²) in [6, 6.07) is 13.6. The number of carbonyl (C=O) groups is 1. The Bertz CT molecular complexity index is 720. The van der Waals surface area contributed by atoms with Gasteiger partial charge in [-0.2, -0.15) is 0 Å². The van der Waals surface area contributed by atoms with E-state index in [0.717, 1.165) is 17.7 Å². The normalized spacial score (nSPS) is 14.3. The molecule has 0 unspecified atom stereocenters. The molecule has 2 aromatic rings. The molecule has 0 bridgehead atoms. The minimum Gasteiger partial charge on any atom is -0.497 e. The molecule has 0 spiro atoms. The van der Waals surface area contributed by atoms with Crippen LogP contribution in [0.25, 0.3) is 5.57 Å². The van der Waals surface area contributed by atoms with Gasteiger partial charge in [-0.05, 0) is 54.0 Å². The number of halogens is 1. The Kier molecular flexibility index (Phi) is 4.42. The highest BCUT2D eigenvalue weighted by molar-refractivity contribution is 5.94. The number of carbonyl (C=O) groups excluding carboxylic acids is 1. The molecule has 0 radical (unpaired) electrons. The molecule has 2 aromatic carbocycles. The van der Waals surface area contributed by atoms with Gasteiger partial charge in [-0.3, -0.25) is 4.79 Å². The lowest BCUT2D eigenvalue weighted by atomic mass is 9.99. The summed E-state index contributed by atoms with van der Waals surface area (Å²) in [6.45, 7) is 1.23. The van der Waals surface area contributed by atoms with E-state index in [-0.39, 0.29) is 11.7 Å². The van der Waals surface area contributed by atoms with E-state index in [1.807, 2.05) is 24.3 Å². The second-order valence-electron chi connectivity index (χ2n) is 5.47. The molecular weight excluding hydrogens is 293 g/mol. The van der Waals surface area contributed by atoms with Crippen molar-refractivity contribution in [2.45, 2.75) is 6.42 Å². The largest absolute Gasteiger partial charge is 0.497 e. The van der Waals surface area contributed by atoms with E-state index in [4.69, 9.17) is 4.74 Å². The van der Waals surface area contributed by atoms with Crippen molar-refractivity contribution in [3.05, 3.63) is 71.6 Å². The molecule has 1 amide bonds. The summed E-state index contributed by atoms with van der Waals surface area (Å²) in [5.41, 5.74) is 2.91. The number of rotatable bonds is 3. The van der Waals surface area contributed by atoms with Crippen LogP contribution in [-0.2, 0) is 0 Å². The van der Waals surface area contributed by atoms with Crippen molar-refractivity contribution < 1.29 is 13.9 Å². The summed E-state index contributed by atoms with van der Waals surface area (Å²) in [6.07, 6.45) is 2.88. The molecule has 0 N–H and O–H groups in total. The lowest BCUT2D eigenvalue weighted by molar-refractivity contribution is 0.0773. The van der Waals surface area contributed by atoms with Crippen LogP contribution in [0.3, 0.4) is 0 Å². The zero-order valence-electron chi connectivity index (χ0n) is 13.0. The maximum absolute atomic E-state index is 12.9. The molecule has 1 aliphatic rings. The van der Waals surface area contributed by atoms with Gasteiger partial charge in [0.15, 0.2) is 0 Å². The summed E-state index contributed by atoms with van der Waals surface area (Å²) in [4.78, 5) is 14.2. The third kappa shape index (κ3) is 3.42. The molecule has 3 nitrogen and oxygen atoms in total. The van der Waals surface area contributed by atoms with Crippen LogP contribution < -0.4 is 4.74 Å². The number of hydrogen-bond donors (Lipinski definition) is 0. The number of benzene rings is 2. The van der Waals surface area contributed by atoms with Crippen LogP contribution in [0.2, 0.25) is 0 Å². The molecule has 1 aliphatic heterocycles. The minimum atomic E-state index is -0.332. The maximum Gasteiger partial charge on any atom is 0.254 e. The van der Waals surface area contributed by atoms with Crippen LogP contribution in [0, 0.1) is 5.82 Å². The highest BCUT2D eigenvalue weighted by atomic mass is 19.1. The maximum atomic E-state index is 12.9. The van der Waals surface area contributed by atoms with Crippen LogP contribution in [0.5, 0.6) is 5.75 Å². The Morgan fingerprint density at radius 3 is 2.35 bits per heavy atom. The van der Waals surface area contributed by atoms with E-state index in [2.05, 4.69) is 6.08 Å². The van der Waals surface area contributed by atoms with E-state index >= 15 is 0 Å². The van der Waals surface area contributed by atoms with E-state index in [0.29, 0.717) is 18.7 Å². The highest BCUT2D eigenvalue weighted by Gasteiger charge is 2.19. The smallest absolute Gasteiger partial charge is 0.254 e. The van der Waals surface area contributed by atoms with Crippen LogP contribution >= 0.6 is 0 Å². The van der Waals surface area contributed by atoms with Crippen LogP contribution in [0.15, 0.2) is 54.6 Å². The predicted octanol–water partition coefficient (Wildman–Crippen LogP) is 3.76. The average molecular weight is 311 g/mol. The van der Waals surface area contributed by atoms with Gasteiger partial charge in [-0.1, -0.05) is 18.2 Å². The third-order valence-corrected chi connectivity index (χ3v) is 4.05. The summed E-state index contributed by atoms with van der Waals surface area (Å²) < 4.78 is 18.1. The molecule has 0 fully saturated rings. The Labute approximate surface area is 135 Å². The van der Waals surface area contributed by atoms with Gasteiger partial charge < -0.3 is 9.64 Å². The molecule has 4 heteroatoms. The number of nitrogens with zero attached hydrogens (tertiary/aromatic N) is 1. The van der Waals surface area contributed by atoms with Gasteiger partial charge in [0.25, 0.3) is 5.91 Å². The lowest BCUT2D eigenvalue weighted by Gasteiger charge is -2.27. The van der Waals surface area contributed by atoms with Crippen molar-refractivity contribution in [1.29, 1.82) is 0 Å². The van der Waals surface area contributed by atoms with E-state index in [1.54, 1.807) is 12.0 Å². The third-order valence-electron chi connectivity index (χ3n) is 4.05. The van der Waals surface area contributed by atoms with Gasteiger partial charge in [0.2, 0.25) is 0 Å². The van der Waals surface area contributed by atoms with E-state index in [1.165, 1.54) is 29.8 Å². The fraction of sp³-hybridized carbons (Fsp3) is 0.211. The Hall–Kier alpha value is -2.62. The summed E-state index contributed by atoms with van der Waals surface area (Å²) in [5.74, 6) is 0.440. The number of ether oxygens (including phenoxy) is 1. The first-order chi connectivity index (χ1) is 11.2. The standard InChI is InChI=1S/C19H18FNO2/c1-23-18-8-4-14(5-9-18)15-10-12-21(13-11-15)19(22)16-2-6-17(20)7-3-16/h2-10H,11-13H2,1H3. The lowest BCUT2D eigenvalue weighted by Crippen LogP contribution is -2.34. The average Bonchev–Trinajstić information content (AvgIpc) is 2.62. The van der Waals surface area contributed by atoms with Crippen molar-refractivity contribution in [2.75, 3.05) is 20.2 Å². The Morgan fingerprint density at radius 2 is 1.78 bits per heavy atom. The van der Waals surface area contributed by atoms with Gasteiger partial charge in [-0.25, -0.2) is 4.39 Å². The summed E-state index contributed by atoms with van der Waals surface area (Å²) in [7, 11) is 1.65. The molecule has 23 heavy (non-hydrogen) atoms. The minimum absolute atomic E-state index is 0.0602. The van der Waals surface area contributed by atoms with Crippen molar-refractivity contribution >= 4 is 11.5 Å². The van der Waals surface area contributed by atoms with Crippen LogP contribution in [0.1, 0.15) is 22.3 Å². The first-order valence-electron chi connectivity index (χ1n) is 7.55. The summed E-state index contributed by atoms with van der Waals surface area (Å²) in [5, 5.41) is 0. The van der Waals surface area contributed by atoms with Crippen molar-refractivity contribution in [3.63, 3.8) is 0 Å². The van der Waals surface area contributed by atoms with Crippen molar-refractivity contribution in [1.82, 2.24) is 4.90 Å². The van der Waals surface area contributed by atoms with Gasteiger partial charge in [0.05, 0.1) is 7.11 Å². The highest BCUT2D eigenvalue weighted by Crippen LogP contribution is 2.25. The number of methoxy groups -OCH3 is 1. The van der Waals surface area contributed by atoms with Gasteiger partial charge >= 0.3 is 0 Å². The molecule has 0 aromatic heterocycles. The first-order valence-corrected chi connectivity index (χ1v) is 7.55. The topological polar surface area (TPSA) is 29.5 Å². The fourth-order valence-corrected chi connectivity index (χ4v) is 2.70. The molecule has 0 saturated heterocycles. The number of amides is 1. The van der Waals surface area contributed by atoms with E-state index in [9.17, 15) is 9.18 Å². The molecule has 0 atom stereocenters. The fourth-order valence-electron chi connectivity index (χ4n) is 2.70. The zero-order chi connectivity index (χ0) is 16.2. The first kappa shape index (κ1) is 15.3. The van der Waals surface area contributed by atoms with Crippen LogP contribution in [0.4, 0.5) is 4.39 Å². The predicted molar refractivity (Wildman–Crippen MR) is 87.9 cm³/mol. The second kappa shape index (κ2) is 6.65. The van der Waals surface area contributed by atoms with Crippen molar-refractivity contribution in [3.8, 4) is 5.75 Å². The summed E-state index contributed by atoms with van der Waals surface area (Å²) >= 11 is 0. The molecule has 3 rings (SSSR count). The monoisotopic (exact) mass is 311 g/mol. The zero-order valence-corrected chi connectivity index (χ0v) is 13.0. The van der Waals surface area contributed by atoms with Gasteiger partial charge in [0.1, 0.15) is 11.6 Å². The van der Waals surface area contributed by atoms with E-state index < -0.39 is 0 Å². The quantitative estimate of drug-likeness (QED) is 0.863. The molecular formula is C19H18FNO2. The molecule has 1 heterocycles. The van der Waals surface area contributed by atoms with Gasteiger partial charge in [0, 0.05) is 18.7 Å². The SMILES string of the molecule is COc1ccc(C2=CCN(C(=O)c3ccc(F)cc3)CC2)cc1. The molecule has 0 aliphatic carbocycles. The molecule has 118 valence electrons.